The zero-order valence-corrected chi connectivity index (χ0v) is 17.9. The predicted molar refractivity (Wildman–Crippen MR) is 116 cm³/mol. The van der Waals surface area contributed by atoms with E-state index in [2.05, 4.69) is 46.7 Å². The van der Waals surface area contributed by atoms with Gasteiger partial charge in [-0.2, -0.15) is 11.8 Å². The Morgan fingerprint density at radius 3 is 2.58 bits per heavy atom. The van der Waals surface area contributed by atoms with Gasteiger partial charge in [-0.15, -0.1) is 24.8 Å². The van der Waals surface area contributed by atoms with Crippen LogP contribution in [0, 0.1) is 6.92 Å². The van der Waals surface area contributed by atoms with Gasteiger partial charge in [0, 0.05) is 37.1 Å². The van der Waals surface area contributed by atoms with Crippen molar-refractivity contribution < 1.29 is 4.79 Å². The number of nitrogens with one attached hydrogen (secondary N) is 2. The summed E-state index contributed by atoms with van der Waals surface area (Å²) in [6, 6.07) is 9.39. The Morgan fingerprint density at radius 2 is 1.96 bits per heavy atom. The van der Waals surface area contributed by atoms with Crippen molar-refractivity contribution in [2.75, 3.05) is 37.7 Å². The van der Waals surface area contributed by atoms with Crippen LogP contribution in [0.4, 0.5) is 0 Å². The summed E-state index contributed by atoms with van der Waals surface area (Å²) in [4.78, 5) is 14.9. The predicted octanol–water partition coefficient (Wildman–Crippen LogP) is 3.19. The summed E-state index contributed by atoms with van der Waals surface area (Å²) in [7, 11) is 0. The lowest BCUT2D eigenvalue weighted by Crippen LogP contribution is -2.43. The third kappa shape index (κ3) is 6.93. The van der Waals surface area contributed by atoms with E-state index in [0.717, 1.165) is 31.1 Å². The molecule has 0 radical (unpaired) electrons. The quantitative estimate of drug-likeness (QED) is 0.742. The monoisotopic (exact) mass is 419 g/mol. The Kier molecular flexibility index (Phi) is 11.0. The standard InChI is InChI=1S/C19H29N3OS.2ClH/c1-15-4-6-16(7-5-15)18(22-9-2-3-10-22)13-21-19(23)12-17-14-24-11-8-20-17;;/h4-7,17-18,20H,2-3,8-14H2,1H3,(H,21,23);2*1H. The van der Waals surface area contributed by atoms with Gasteiger partial charge in [0.2, 0.25) is 5.91 Å². The van der Waals surface area contributed by atoms with Crippen LogP contribution in [0.3, 0.4) is 0 Å². The van der Waals surface area contributed by atoms with Gasteiger partial charge in [0.05, 0.1) is 6.04 Å². The molecule has 2 fully saturated rings. The fourth-order valence-electron chi connectivity index (χ4n) is 3.56. The van der Waals surface area contributed by atoms with Crippen LogP contribution in [0.15, 0.2) is 24.3 Å². The van der Waals surface area contributed by atoms with Crippen LogP contribution in [0.2, 0.25) is 0 Å². The lowest BCUT2D eigenvalue weighted by Gasteiger charge is -2.29. The van der Waals surface area contributed by atoms with Gasteiger partial charge >= 0.3 is 0 Å². The molecule has 0 bridgehead atoms. The zero-order valence-electron chi connectivity index (χ0n) is 15.4. The summed E-state index contributed by atoms with van der Waals surface area (Å²) in [5.74, 6) is 2.37. The first-order valence-electron chi connectivity index (χ1n) is 9.11. The Morgan fingerprint density at radius 1 is 1.27 bits per heavy atom. The van der Waals surface area contributed by atoms with Crippen LogP contribution < -0.4 is 10.6 Å². The van der Waals surface area contributed by atoms with Gasteiger partial charge < -0.3 is 10.6 Å². The minimum Gasteiger partial charge on any atom is -0.354 e. The van der Waals surface area contributed by atoms with Crippen molar-refractivity contribution >= 4 is 42.5 Å². The summed E-state index contributed by atoms with van der Waals surface area (Å²) in [6.45, 7) is 6.11. The Labute approximate surface area is 174 Å². The number of thioether (sulfide) groups is 1. The molecular formula is C19H31Cl2N3OS. The molecule has 2 atom stereocenters. The average Bonchev–Trinajstić information content (AvgIpc) is 3.12. The lowest BCUT2D eigenvalue weighted by atomic mass is 10.0. The number of halogens is 2. The summed E-state index contributed by atoms with van der Waals surface area (Å²) < 4.78 is 0. The third-order valence-corrected chi connectivity index (χ3v) is 6.10. The summed E-state index contributed by atoms with van der Waals surface area (Å²) in [6.07, 6.45) is 3.12. The molecule has 2 heterocycles. The first kappa shape index (κ1) is 23.6. The molecule has 1 aromatic rings. The van der Waals surface area contributed by atoms with Crippen LogP contribution >= 0.6 is 36.6 Å². The number of aryl methyl sites for hydroxylation is 1. The van der Waals surface area contributed by atoms with Gasteiger partial charge in [0.1, 0.15) is 0 Å². The molecule has 7 heteroatoms. The second-order valence-corrected chi connectivity index (χ2v) is 8.05. The summed E-state index contributed by atoms with van der Waals surface area (Å²) in [5.41, 5.74) is 2.60. The minimum atomic E-state index is 0. The maximum atomic E-state index is 12.3. The maximum absolute atomic E-state index is 12.3. The molecule has 2 unspecified atom stereocenters. The molecule has 4 nitrogen and oxygen atoms in total. The molecule has 1 amide bonds. The van der Waals surface area contributed by atoms with Gasteiger partial charge in [-0.3, -0.25) is 9.69 Å². The highest BCUT2D eigenvalue weighted by atomic mass is 35.5. The Balaban J connectivity index is 0.00000169. The molecule has 26 heavy (non-hydrogen) atoms. The number of carbonyl (C=O) groups is 1. The highest BCUT2D eigenvalue weighted by Crippen LogP contribution is 2.25. The summed E-state index contributed by atoms with van der Waals surface area (Å²) in [5, 5.41) is 6.63. The molecule has 0 aliphatic carbocycles. The molecule has 3 rings (SSSR count). The molecule has 0 saturated carbocycles. The number of rotatable bonds is 6. The Hall–Kier alpha value is -0.460. The molecule has 0 aromatic heterocycles. The molecule has 0 spiro atoms. The number of likely N-dealkylation sites (tertiary alicyclic amines) is 1. The van der Waals surface area contributed by atoms with E-state index in [1.807, 2.05) is 11.8 Å². The van der Waals surface area contributed by atoms with Gasteiger partial charge in [-0.05, 0) is 38.4 Å². The van der Waals surface area contributed by atoms with E-state index in [-0.39, 0.29) is 30.7 Å². The van der Waals surface area contributed by atoms with Crippen molar-refractivity contribution in [2.24, 2.45) is 0 Å². The van der Waals surface area contributed by atoms with Crippen molar-refractivity contribution in [2.45, 2.75) is 38.3 Å². The maximum Gasteiger partial charge on any atom is 0.221 e. The van der Waals surface area contributed by atoms with E-state index < -0.39 is 0 Å². The first-order chi connectivity index (χ1) is 11.7. The molecule has 2 aliphatic rings. The highest BCUT2D eigenvalue weighted by Gasteiger charge is 2.24. The van der Waals surface area contributed by atoms with E-state index in [0.29, 0.717) is 25.0 Å². The second kappa shape index (κ2) is 12.1. The van der Waals surface area contributed by atoms with Gasteiger partial charge in [0.25, 0.3) is 0 Å². The normalized spacial score (nSPS) is 21.3. The average molecular weight is 420 g/mol. The topological polar surface area (TPSA) is 44.4 Å². The molecular weight excluding hydrogens is 389 g/mol. The number of hydrogen-bond donors (Lipinski definition) is 2. The molecule has 2 aliphatic heterocycles. The summed E-state index contributed by atoms with van der Waals surface area (Å²) >= 11 is 1.94. The molecule has 1 aromatic carbocycles. The van der Waals surface area contributed by atoms with E-state index in [4.69, 9.17) is 0 Å². The second-order valence-electron chi connectivity index (χ2n) is 6.90. The van der Waals surface area contributed by atoms with Crippen LogP contribution in [-0.4, -0.2) is 54.5 Å². The first-order valence-corrected chi connectivity index (χ1v) is 10.3. The smallest absolute Gasteiger partial charge is 0.221 e. The minimum absolute atomic E-state index is 0. The zero-order chi connectivity index (χ0) is 16.8. The van der Waals surface area contributed by atoms with Gasteiger partial charge in [-0.25, -0.2) is 0 Å². The van der Waals surface area contributed by atoms with Crippen molar-refractivity contribution in [3.8, 4) is 0 Å². The van der Waals surface area contributed by atoms with E-state index in [9.17, 15) is 4.79 Å². The van der Waals surface area contributed by atoms with Crippen molar-refractivity contribution in [1.82, 2.24) is 15.5 Å². The van der Waals surface area contributed by atoms with Crippen molar-refractivity contribution in [3.05, 3.63) is 35.4 Å². The van der Waals surface area contributed by atoms with Crippen molar-refractivity contribution in [1.29, 1.82) is 0 Å². The number of amides is 1. The van der Waals surface area contributed by atoms with Crippen LogP contribution in [-0.2, 0) is 4.79 Å². The van der Waals surface area contributed by atoms with Crippen LogP contribution in [0.25, 0.3) is 0 Å². The van der Waals surface area contributed by atoms with Crippen LogP contribution in [0.5, 0.6) is 0 Å². The SMILES string of the molecule is Cc1ccc(C(CNC(=O)CC2CSCCN2)N2CCCC2)cc1.Cl.Cl. The molecule has 2 saturated heterocycles. The van der Waals surface area contributed by atoms with E-state index in [1.54, 1.807) is 0 Å². The lowest BCUT2D eigenvalue weighted by molar-refractivity contribution is -0.121. The van der Waals surface area contributed by atoms with Crippen molar-refractivity contribution in [3.63, 3.8) is 0 Å². The largest absolute Gasteiger partial charge is 0.354 e. The highest BCUT2D eigenvalue weighted by molar-refractivity contribution is 7.99. The number of benzene rings is 1. The van der Waals surface area contributed by atoms with Gasteiger partial charge in [0.15, 0.2) is 0 Å². The molecule has 2 N–H and O–H groups in total. The Bertz CT molecular complexity index is 532. The number of nitrogens with zero attached hydrogens (tertiary/aromatic N) is 1. The molecule has 148 valence electrons. The van der Waals surface area contributed by atoms with Gasteiger partial charge in [-0.1, -0.05) is 29.8 Å². The number of hydrogen-bond acceptors (Lipinski definition) is 4. The fourth-order valence-corrected chi connectivity index (χ4v) is 4.51. The van der Waals surface area contributed by atoms with E-state index >= 15 is 0 Å². The van der Waals surface area contributed by atoms with E-state index in [1.165, 1.54) is 24.0 Å². The number of carbonyl (C=O) groups excluding carboxylic acids is 1. The van der Waals surface area contributed by atoms with Crippen LogP contribution in [0.1, 0.15) is 36.4 Å². The third-order valence-electron chi connectivity index (χ3n) is 4.97. The fraction of sp³-hybridized carbons (Fsp3) is 0.632.